The fourth-order valence-electron chi connectivity index (χ4n) is 3.64. The first-order valence-corrected chi connectivity index (χ1v) is 9.30. The van der Waals surface area contributed by atoms with E-state index in [1.54, 1.807) is 17.3 Å². The molecule has 2 aliphatic heterocycles. The predicted octanol–water partition coefficient (Wildman–Crippen LogP) is 1.13. The number of aryl methyl sites for hydroxylation is 1. The maximum atomic E-state index is 12.5. The summed E-state index contributed by atoms with van der Waals surface area (Å²) in [4.78, 5) is 52.7. The molecule has 2 aliphatic rings. The average Bonchev–Trinajstić information content (AvgIpc) is 2.94. The highest BCUT2D eigenvalue weighted by Crippen LogP contribution is 2.30. The van der Waals surface area contributed by atoms with E-state index < -0.39 is 0 Å². The lowest BCUT2D eigenvalue weighted by Crippen LogP contribution is -2.38. The number of pyridine rings is 1. The van der Waals surface area contributed by atoms with Crippen LogP contribution in [0.5, 0.6) is 0 Å². The molecule has 0 spiro atoms. The third-order valence-corrected chi connectivity index (χ3v) is 5.01. The highest BCUT2D eigenvalue weighted by molar-refractivity contribution is 6.19. The van der Waals surface area contributed by atoms with Crippen LogP contribution in [0.2, 0.25) is 0 Å². The first-order valence-electron chi connectivity index (χ1n) is 9.30. The van der Waals surface area contributed by atoms with Crippen molar-refractivity contribution in [3.8, 4) is 11.3 Å². The van der Waals surface area contributed by atoms with Crippen LogP contribution in [0.4, 0.5) is 5.82 Å². The van der Waals surface area contributed by atoms with Crippen LogP contribution < -0.4 is 5.32 Å². The minimum absolute atomic E-state index is 0.0310. The summed E-state index contributed by atoms with van der Waals surface area (Å²) in [5, 5.41) is 2.72. The van der Waals surface area contributed by atoms with Crippen LogP contribution in [-0.2, 0) is 14.4 Å². The van der Waals surface area contributed by atoms with Gasteiger partial charge < -0.3 is 10.2 Å². The van der Waals surface area contributed by atoms with Gasteiger partial charge in [-0.1, -0.05) is 0 Å². The second kappa shape index (κ2) is 7.42. The van der Waals surface area contributed by atoms with Crippen molar-refractivity contribution in [2.45, 2.75) is 19.8 Å². The number of hydrogen-bond acceptors (Lipinski definition) is 7. The molecule has 4 heterocycles. The highest BCUT2D eigenvalue weighted by Gasteiger charge is 2.40. The molecule has 148 valence electrons. The van der Waals surface area contributed by atoms with Crippen LogP contribution in [0.15, 0.2) is 42.0 Å². The van der Waals surface area contributed by atoms with Crippen LogP contribution in [0.3, 0.4) is 0 Å². The Hall–Kier alpha value is -3.62. The molecule has 2 aromatic rings. The van der Waals surface area contributed by atoms with Crippen molar-refractivity contribution in [3.63, 3.8) is 0 Å². The van der Waals surface area contributed by atoms with E-state index in [1.165, 1.54) is 13.2 Å². The number of carbonyl (C=O) groups is 3. The number of nitrogens with zero attached hydrogens (tertiary/aromatic N) is 5. The largest absolute Gasteiger partial charge is 0.357 e. The zero-order valence-corrected chi connectivity index (χ0v) is 16.2. The fraction of sp³-hybridized carbons (Fsp3) is 0.300. The summed E-state index contributed by atoms with van der Waals surface area (Å²) in [6.07, 6.45) is 6.16. The Morgan fingerprint density at radius 2 is 2.07 bits per heavy atom. The summed E-state index contributed by atoms with van der Waals surface area (Å²) in [7, 11) is 1.46. The maximum absolute atomic E-state index is 12.5. The van der Waals surface area contributed by atoms with Gasteiger partial charge in [-0.05, 0) is 31.9 Å². The molecule has 0 unspecified atom stereocenters. The maximum Gasteiger partial charge on any atom is 0.277 e. The van der Waals surface area contributed by atoms with E-state index in [4.69, 9.17) is 0 Å². The van der Waals surface area contributed by atoms with Crippen molar-refractivity contribution in [2.24, 2.45) is 0 Å². The number of rotatable bonds is 4. The Labute approximate surface area is 167 Å². The zero-order valence-electron chi connectivity index (χ0n) is 16.2. The van der Waals surface area contributed by atoms with Crippen LogP contribution in [0.25, 0.3) is 11.3 Å². The molecule has 0 saturated carbocycles. The summed E-state index contributed by atoms with van der Waals surface area (Å²) in [5.41, 5.74) is 3.04. The van der Waals surface area contributed by atoms with Crippen LogP contribution in [-0.4, -0.2) is 62.6 Å². The van der Waals surface area contributed by atoms with Gasteiger partial charge in [-0.2, -0.15) is 0 Å². The molecule has 9 nitrogen and oxygen atoms in total. The molecule has 0 atom stereocenters. The van der Waals surface area contributed by atoms with Gasteiger partial charge in [0.15, 0.2) is 5.82 Å². The topological polar surface area (TPSA) is 108 Å². The molecule has 0 bridgehead atoms. The number of imide groups is 1. The molecule has 4 rings (SSSR count). The standard InChI is InChI=1S/C20H20N6O3/c1-12-17(13-5-3-7-21-9-13)22-10-15(23-12)24-16(27)11-26-8-4-6-14-18(26)20(29)25(2)19(14)28/h3,5,7,9-10H,4,6,8,11H2,1-2H3,(H,23,24,27). The molecule has 2 aromatic heterocycles. The van der Waals surface area contributed by atoms with Gasteiger partial charge in [0.05, 0.1) is 24.1 Å². The summed E-state index contributed by atoms with van der Waals surface area (Å²) < 4.78 is 0. The third kappa shape index (κ3) is 3.46. The number of carbonyl (C=O) groups excluding carboxylic acids is 3. The smallest absolute Gasteiger partial charge is 0.277 e. The molecular weight excluding hydrogens is 372 g/mol. The Morgan fingerprint density at radius 3 is 2.79 bits per heavy atom. The molecule has 29 heavy (non-hydrogen) atoms. The highest BCUT2D eigenvalue weighted by atomic mass is 16.2. The van der Waals surface area contributed by atoms with Gasteiger partial charge >= 0.3 is 0 Å². The number of hydrogen-bond donors (Lipinski definition) is 1. The van der Waals surface area contributed by atoms with Crippen molar-refractivity contribution < 1.29 is 14.4 Å². The van der Waals surface area contributed by atoms with E-state index in [0.29, 0.717) is 41.4 Å². The zero-order chi connectivity index (χ0) is 20.5. The van der Waals surface area contributed by atoms with Gasteiger partial charge in [0.1, 0.15) is 5.70 Å². The molecule has 0 aromatic carbocycles. The molecule has 0 saturated heterocycles. The molecule has 1 N–H and O–H groups in total. The second-order valence-corrected chi connectivity index (χ2v) is 7.00. The van der Waals surface area contributed by atoms with Crippen molar-refractivity contribution in [1.82, 2.24) is 24.8 Å². The lowest BCUT2D eigenvalue weighted by Gasteiger charge is -2.28. The monoisotopic (exact) mass is 392 g/mol. The minimum Gasteiger partial charge on any atom is -0.357 e. The Balaban J connectivity index is 1.47. The quantitative estimate of drug-likeness (QED) is 0.777. The summed E-state index contributed by atoms with van der Waals surface area (Å²) in [6.45, 7) is 2.33. The average molecular weight is 392 g/mol. The molecular formula is C20H20N6O3. The lowest BCUT2D eigenvalue weighted by molar-refractivity contribution is -0.136. The second-order valence-electron chi connectivity index (χ2n) is 7.00. The normalized spacial score (nSPS) is 16.3. The first kappa shape index (κ1) is 18.7. The summed E-state index contributed by atoms with van der Waals surface area (Å²) >= 11 is 0. The Kier molecular flexibility index (Phi) is 4.79. The molecule has 3 amide bonds. The number of amides is 3. The summed E-state index contributed by atoms with van der Waals surface area (Å²) in [5.74, 6) is -0.620. The van der Waals surface area contributed by atoms with Crippen molar-refractivity contribution in [3.05, 3.63) is 47.7 Å². The molecule has 0 fully saturated rings. The van der Waals surface area contributed by atoms with Crippen molar-refractivity contribution in [2.75, 3.05) is 25.5 Å². The number of nitrogens with one attached hydrogen (secondary N) is 1. The van der Waals surface area contributed by atoms with Crippen molar-refractivity contribution in [1.29, 1.82) is 0 Å². The van der Waals surface area contributed by atoms with E-state index in [0.717, 1.165) is 16.9 Å². The Morgan fingerprint density at radius 1 is 1.24 bits per heavy atom. The van der Waals surface area contributed by atoms with E-state index in [2.05, 4.69) is 20.3 Å². The molecule has 0 aliphatic carbocycles. The summed E-state index contributed by atoms with van der Waals surface area (Å²) in [6, 6.07) is 3.71. The van der Waals surface area contributed by atoms with Gasteiger partial charge in [-0.3, -0.25) is 29.3 Å². The number of anilines is 1. The van der Waals surface area contributed by atoms with Crippen LogP contribution in [0, 0.1) is 6.92 Å². The van der Waals surface area contributed by atoms with E-state index >= 15 is 0 Å². The van der Waals surface area contributed by atoms with E-state index in [1.807, 2.05) is 19.1 Å². The van der Waals surface area contributed by atoms with E-state index in [-0.39, 0.29) is 24.3 Å². The van der Waals surface area contributed by atoms with Gasteiger partial charge in [-0.15, -0.1) is 0 Å². The number of aromatic nitrogens is 3. The predicted molar refractivity (Wildman–Crippen MR) is 104 cm³/mol. The minimum atomic E-state index is -0.353. The lowest BCUT2D eigenvalue weighted by atomic mass is 10.0. The molecule has 9 heteroatoms. The number of likely N-dealkylation sites (N-methyl/N-ethyl adjacent to an activating group) is 1. The SMILES string of the molecule is Cc1nc(NC(=O)CN2CCCC3=C2C(=O)N(C)C3=O)cnc1-c1cccnc1. The third-order valence-electron chi connectivity index (χ3n) is 5.01. The van der Waals surface area contributed by atoms with Crippen molar-refractivity contribution >= 4 is 23.5 Å². The van der Waals surface area contributed by atoms with Crippen LogP contribution in [0.1, 0.15) is 18.5 Å². The van der Waals surface area contributed by atoms with Gasteiger partial charge in [0, 0.05) is 37.1 Å². The van der Waals surface area contributed by atoms with Crippen LogP contribution >= 0.6 is 0 Å². The van der Waals surface area contributed by atoms with Gasteiger partial charge in [-0.25, -0.2) is 4.98 Å². The molecule has 0 radical (unpaired) electrons. The fourth-order valence-corrected chi connectivity index (χ4v) is 3.64. The first-order chi connectivity index (χ1) is 14.0. The van der Waals surface area contributed by atoms with Gasteiger partial charge in [0.2, 0.25) is 5.91 Å². The van der Waals surface area contributed by atoms with Gasteiger partial charge in [0.25, 0.3) is 11.8 Å². The Bertz CT molecular complexity index is 1030. The van der Waals surface area contributed by atoms with E-state index in [9.17, 15) is 14.4 Å².